The first-order chi connectivity index (χ1) is 10.2. The lowest BCUT2D eigenvalue weighted by Crippen LogP contribution is -2.13. The predicted molar refractivity (Wildman–Crippen MR) is 87.7 cm³/mol. The van der Waals surface area contributed by atoms with Crippen molar-refractivity contribution in [3.05, 3.63) is 70.3 Å². The number of hydrogen-bond donors (Lipinski definition) is 2. The third-order valence-electron chi connectivity index (χ3n) is 3.44. The number of benzene rings is 2. The van der Waals surface area contributed by atoms with Crippen LogP contribution in [0.15, 0.2) is 64.4 Å². The Morgan fingerprint density at radius 1 is 1.14 bits per heavy atom. The Labute approximate surface area is 130 Å². The molecule has 0 aliphatic carbocycles. The van der Waals surface area contributed by atoms with Crippen molar-refractivity contribution in [2.75, 3.05) is 0 Å². The van der Waals surface area contributed by atoms with E-state index in [4.69, 9.17) is 10.9 Å². The van der Waals surface area contributed by atoms with Gasteiger partial charge in [-0.3, -0.25) is 0 Å². The van der Waals surface area contributed by atoms with Gasteiger partial charge in [0.05, 0.1) is 0 Å². The summed E-state index contributed by atoms with van der Waals surface area (Å²) >= 11 is 3.44. The lowest BCUT2D eigenvalue weighted by atomic mass is 10.1. The summed E-state index contributed by atoms with van der Waals surface area (Å²) < 4.78 is 3.21. The van der Waals surface area contributed by atoms with E-state index in [2.05, 4.69) is 43.9 Å². The first-order valence-electron chi connectivity index (χ1n) is 6.48. The van der Waals surface area contributed by atoms with Crippen LogP contribution in [0, 0.1) is 0 Å². The second-order valence-electron chi connectivity index (χ2n) is 4.83. The molecule has 0 fully saturated rings. The Balaban J connectivity index is 2.00. The summed E-state index contributed by atoms with van der Waals surface area (Å²) in [5.41, 5.74) is 8.64. The van der Waals surface area contributed by atoms with Gasteiger partial charge in [-0.25, -0.2) is 0 Å². The van der Waals surface area contributed by atoms with Gasteiger partial charge in [-0.1, -0.05) is 45.4 Å². The van der Waals surface area contributed by atoms with Gasteiger partial charge in [-0.15, -0.1) is 0 Å². The minimum absolute atomic E-state index is 0.119. The highest BCUT2D eigenvalue weighted by Crippen LogP contribution is 2.20. The van der Waals surface area contributed by atoms with Crippen LogP contribution in [0.1, 0.15) is 11.1 Å². The minimum atomic E-state index is 0.119. The molecule has 0 amide bonds. The zero-order chi connectivity index (χ0) is 14.8. The number of oxime groups is 1. The second-order valence-corrected chi connectivity index (χ2v) is 5.74. The van der Waals surface area contributed by atoms with Crippen molar-refractivity contribution in [2.24, 2.45) is 10.9 Å². The van der Waals surface area contributed by atoms with Gasteiger partial charge in [0.25, 0.3) is 0 Å². The van der Waals surface area contributed by atoms with Crippen molar-refractivity contribution < 1.29 is 5.21 Å². The van der Waals surface area contributed by atoms with Gasteiger partial charge >= 0.3 is 0 Å². The van der Waals surface area contributed by atoms with E-state index in [1.165, 1.54) is 5.56 Å². The predicted octanol–water partition coefficient (Wildman–Crippen LogP) is 3.55. The molecular formula is C16H14BrN3O. The van der Waals surface area contributed by atoms with Crippen LogP contribution in [0.3, 0.4) is 0 Å². The molecule has 4 nitrogen and oxygen atoms in total. The van der Waals surface area contributed by atoms with Gasteiger partial charge in [-0.2, -0.15) is 0 Å². The lowest BCUT2D eigenvalue weighted by Gasteiger charge is -2.07. The zero-order valence-corrected chi connectivity index (χ0v) is 12.8. The van der Waals surface area contributed by atoms with Crippen LogP contribution in [0.25, 0.3) is 10.9 Å². The molecule has 0 aliphatic rings. The number of rotatable bonds is 3. The Morgan fingerprint density at radius 2 is 1.90 bits per heavy atom. The molecule has 0 unspecified atom stereocenters. The van der Waals surface area contributed by atoms with E-state index in [0.29, 0.717) is 5.56 Å². The fraction of sp³-hybridized carbons (Fsp3) is 0.0625. The first-order valence-corrected chi connectivity index (χ1v) is 7.28. The molecule has 3 rings (SSSR count). The van der Waals surface area contributed by atoms with E-state index < -0.39 is 0 Å². The van der Waals surface area contributed by atoms with E-state index in [9.17, 15) is 0 Å². The summed E-state index contributed by atoms with van der Waals surface area (Å²) in [7, 11) is 0. The number of fused-ring (bicyclic) bond motifs is 1. The van der Waals surface area contributed by atoms with Gasteiger partial charge in [0.2, 0.25) is 0 Å². The van der Waals surface area contributed by atoms with Crippen LogP contribution in [0.5, 0.6) is 0 Å². The first kappa shape index (κ1) is 13.7. The molecule has 0 spiro atoms. The van der Waals surface area contributed by atoms with Crippen LogP contribution < -0.4 is 5.73 Å². The third kappa shape index (κ3) is 2.78. The van der Waals surface area contributed by atoms with Crippen LogP contribution in [0.4, 0.5) is 0 Å². The number of aromatic nitrogens is 1. The molecule has 3 aromatic rings. The van der Waals surface area contributed by atoms with Crippen molar-refractivity contribution in [1.82, 2.24) is 4.57 Å². The van der Waals surface area contributed by atoms with E-state index in [0.717, 1.165) is 21.9 Å². The van der Waals surface area contributed by atoms with Gasteiger partial charge < -0.3 is 15.5 Å². The topological polar surface area (TPSA) is 63.5 Å². The molecule has 21 heavy (non-hydrogen) atoms. The molecular weight excluding hydrogens is 330 g/mol. The molecule has 0 atom stereocenters. The zero-order valence-electron chi connectivity index (χ0n) is 11.2. The van der Waals surface area contributed by atoms with Gasteiger partial charge in [0.1, 0.15) is 0 Å². The highest BCUT2D eigenvalue weighted by Gasteiger charge is 2.06. The lowest BCUT2D eigenvalue weighted by molar-refractivity contribution is 0.318. The maximum Gasteiger partial charge on any atom is 0.170 e. The Hall–Kier alpha value is -2.27. The Bertz CT molecular complexity index is 806. The molecule has 1 aromatic heterocycles. The smallest absolute Gasteiger partial charge is 0.170 e. The standard InChI is InChI=1S/C16H14BrN3O/c17-14-5-1-11(2-6-14)10-20-8-7-12-3-4-13(9-15(12)20)16(18)19-21/h1-9,21H,10H2,(H2,18,19). The Morgan fingerprint density at radius 3 is 2.62 bits per heavy atom. The molecule has 3 N–H and O–H groups in total. The Kier molecular flexibility index (Phi) is 3.66. The van der Waals surface area contributed by atoms with Crippen LogP contribution in [0.2, 0.25) is 0 Å². The van der Waals surface area contributed by atoms with E-state index in [-0.39, 0.29) is 5.84 Å². The maximum absolute atomic E-state index is 8.79. The van der Waals surface area contributed by atoms with E-state index in [1.54, 1.807) is 0 Å². The summed E-state index contributed by atoms with van der Waals surface area (Å²) in [6.45, 7) is 0.774. The van der Waals surface area contributed by atoms with E-state index in [1.807, 2.05) is 36.5 Å². The van der Waals surface area contributed by atoms with Gasteiger partial charge in [-0.05, 0) is 35.2 Å². The molecule has 0 saturated carbocycles. The highest BCUT2D eigenvalue weighted by molar-refractivity contribution is 9.10. The summed E-state index contributed by atoms with van der Waals surface area (Å²) in [6.07, 6.45) is 2.04. The van der Waals surface area contributed by atoms with Crippen molar-refractivity contribution in [2.45, 2.75) is 6.54 Å². The normalized spacial score (nSPS) is 12.0. The molecule has 5 heteroatoms. The SMILES string of the molecule is N/C(=N/O)c1ccc2ccn(Cc3ccc(Br)cc3)c2c1. The number of halogens is 1. The number of amidine groups is 1. The van der Waals surface area contributed by atoms with Crippen LogP contribution in [-0.2, 0) is 6.54 Å². The van der Waals surface area contributed by atoms with Crippen molar-refractivity contribution in [3.63, 3.8) is 0 Å². The van der Waals surface area contributed by atoms with Gasteiger partial charge in [0.15, 0.2) is 5.84 Å². The average Bonchev–Trinajstić information content (AvgIpc) is 2.91. The summed E-state index contributed by atoms with van der Waals surface area (Å²) in [5.74, 6) is 0.119. The fourth-order valence-corrected chi connectivity index (χ4v) is 2.59. The van der Waals surface area contributed by atoms with E-state index >= 15 is 0 Å². The number of nitrogens with zero attached hydrogens (tertiary/aromatic N) is 2. The number of nitrogens with two attached hydrogens (primary N) is 1. The second kappa shape index (κ2) is 5.61. The maximum atomic E-state index is 8.79. The quantitative estimate of drug-likeness (QED) is 0.330. The van der Waals surface area contributed by atoms with Crippen LogP contribution >= 0.6 is 15.9 Å². The van der Waals surface area contributed by atoms with Crippen LogP contribution in [-0.4, -0.2) is 15.6 Å². The largest absolute Gasteiger partial charge is 0.409 e. The minimum Gasteiger partial charge on any atom is -0.409 e. The number of hydrogen-bond acceptors (Lipinski definition) is 2. The van der Waals surface area contributed by atoms with Crippen molar-refractivity contribution in [3.8, 4) is 0 Å². The summed E-state index contributed by atoms with van der Waals surface area (Å²) in [6, 6.07) is 16.0. The molecule has 0 radical (unpaired) electrons. The third-order valence-corrected chi connectivity index (χ3v) is 3.97. The monoisotopic (exact) mass is 343 g/mol. The molecule has 0 bridgehead atoms. The molecule has 0 saturated heterocycles. The molecule has 0 aliphatic heterocycles. The summed E-state index contributed by atoms with van der Waals surface area (Å²) in [4.78, 5) is 0. The highest BCUT2D eigenvalue weighted by atomic mass is 79.9. The fourth-order valence-electron chi connectivity index (χ4n) is 2.33. The summed E-state index contributed by atoms with van der Waals surface area (Å²) in [5, 5.41) is 13.0. The molecule has 1 heterocycles. The van der Waals surface area contributed by atoms with Crippen molar-refractivity contribution >= 4 is 32.7 Å². The average molecular weight is 344 g/mol. The molecule has 2 aromatic carbocycles. The van der Waals surface area contributed by atoms with Crippen molar-refractivity contribution in [1.29, 1.82) is 0 Å². The molecule has 106 valence electrons. The van der Waals surface area contributed by atoms with Gasteiger partial charge in [0, 0.05) is 28.3 Å².